The molecule has 0 aliphatic carbocycles. The number of carbonyl (C=O) groups is 2. The van der Waals surface area contributed by atoms with E-state index in [4.69, 9.17) is 14.7 Å². The van der Waals surface area contributed by atoms with E-state index in [0.29, 0.717) is 12.8 Å². The minimum Gasteiger partial charge on any atom is -0.481 e. The summed E-state index contributed by atoms with van der Waals surface area (Å²) in [6.45, 7) is 1.91. The average Bonchev–Trinajstić information content (AvgIpc) is 2.51. The highest BCUT2D eigenvalue weighted by molar-refractivity contribution is 7.39. The van der Waals surface area contributed by atoms with E-state index < -0.39 is 25.9 Å². The molecule has 0 fully saturated rings. The summed E-state index contributed by atoms with van der Waals surface area (Å²) in [5.74, 6) is -3.18. The number of carboxylic acid groups (broad SMARTS) is 2. The molecule has 1 aromatic rings. The predicted octanol–water partition coefficient (Wildman–Crippen LogP) is 3.33. The van der Waals surface area contributed by atoms with Gasteiger partial charge in [0.05, 0.1) is 0 Å². The second kappa shape index (κ2) is 10.1. The van der Waals surface area contributed by atoms with Gasteiger partial charge < -0.3 is 10.2 Å². The van der Waals surface area contributed by atoms with Crippen molar-refractivity contribution in [3.63, 3.8) is 0 Å². The summed E-state index contributed by atoms with van der Waals surface area (Å²) in [6, 6.07) is 9.63. The molecule has 0 bridgehead atoms. The van der Waals surface area contributed by atoms with Gasteiger partial charge in [0.15, 0.2) is 6.16 Å². The smallest absolute Gasteiger partial charge is 0.481 e. The summed E-state index contributed by atoms with van der Waals surface area (Å²) in [7, 11) is -2.15. The lowest BCUT2D eigenvalue weighted by Gasteiger charge is -2.10. The van der Waals surface area contributed by atoms with E-state index >= 15 is 0 Å². The molecule has 0 saturated carbocycles. The van der Waals surface area contributed by atoms with Gasteiger partial charge in [-0.3, -0.25) is 9.59 Å². The van der Waals surface area contributed by atoms with Crippen LogP contribution in [0.15, 0.2) is 30.3 Å². The van der Waals surface area contributed by atoms with Crippen molar-refractivity contribution in [3.8, 4) is 0 Å². The normalized spacial score (nSPS) is 14.0. The highest BCUT2D eigenvalue weighted by atomic mass is 31.1. The van der Waals surface area contributed by atoms with Gasteiger partial charge in [-0.05, 0) is 23.0 Å². The van der Waals surface area contributed by atoms with Gasteiger partial charge in [0.2, 0.25) is 0 Å². The summed E-state index contributed by atoms with van der Waals surface area (Å²) in [5.41, 5.74) is 1.06. The second-order valence-corrected chi connectivity index (χ2v) is 6.55. The molecule has 0 radical (unpaired) electrons. The Balaban J connectivity index is 2.54. The van der Waals surface area contributed by atoms with Crippen molar-refractivity contribution in [2.75, 3.05) is 6.16 Å². The quantitative estimate of drug-likeness (QED) is 0.599. The van der Waals surface area contributed by atoms with Crippen LogP contribution in [0.4, 0.5) is 0 Å². The molecule has 3 atom stereocenters. The summed E-state index contributed by atoms with van der Waals surface area (Å²) in [5, 5.41) is 17.7. The van der Waals surface area contributed by atoms with Crippen LogP contribution in [0.5, 0.6) is 0 Å². The second-order valence-electron chi connectivity index (χ2n) is 5.31. The van der Waals surface area contributed by atoms with E-state index in [0.717, 1.165) is 5.56 Å². The Morgan fingerprint density at radius 2 is 1.87 bits per heavy atom. The Kier molecular flexibility index (Phi) is 8.45. The summed E-state index contributed by atoms with van der Waals surface area (Å²) < 4.78 is 17.6. The summed E-state index contributed by atoms with van der Waals surface area (Å²) in [6.07, 6.45) is 0.526. The first-order valence-corrected chi connectivity index (χ1v) is 8.88. The van der Waals surface area contributed by atoms with Crippen molar-refractivity contribution in [1.82, 2.24) is 0 Å². The minimum atomic E-state index is -2.15. The average molecular weight is 341 g/mol. The van der Waals surface area contributed by atoms with Gasteiger partial charge in [0.25, 0.3) is 0 Å². The van der Waals surface area contributed by atoms with Crippen molar-refractivity contribution in [2.45, 2.75) is 38.7 Å². The molecule has 0 spiro atoms. The van der Waals surface area contributed by atoms with Crippen LogP contribution in [0.25, 0.3) is 0 Å². The van der Waals surface area contributed by atoms with E-state index in [2.05, 4.69) is 0 Å². The van der Waals surface area contributed by atoms with Crippen LogP contribution in [0.2, 0.25) is 0 Å². The third kappa shape index (κ3) is 7.86. The third-order valence-corrected chi connectivity index (χ3v) is 4.73. The van der Waals surface area contributed by atoms with Crippen LogP contribution in [0, 0.1) is 5.92 Å². The standard InChI is InChI=1S/C16H21O6P/c1-2-14(10-12-6-4-3-5-7-12)22-23(21)11-13(16(19)20)8-9-15(17)18/h3-7,13-14H,2,8-11H2,1H3,(H-,17,18,19,20)/p+1. The van der Waals surface area contributed by atoms with Gasteiger partial charge in [-0.2, -0.15) is 0 Å². The molecule has 23 heavy (non-hydrogen) atoms. The SMILES string of the molecule is CCC(Cc1ccccc1)O[P+](=O)CC(CCC(=O)O)C(=O)O. The Morgan fingerprint density at radius 3 is 2.39 bits per heavy atom. The molecule has 3 unspecified atom stereocenters. The fourth-order valence-electron chi connectivity index (χ4n) is 2.11. The van der Waals surface area contributed by atoms with Gasteiger partial charge in [-0.15, -0.1) is 4.52 Å². The van der Waals surface area contributed by atoms with E-state index in [1.807, 2.05) is 37.3 Å². The molecule has 0 amide bonds. The molecule has 126 valence electrons. The summed E-state index contributed by atoms with van der Waals surface area (Å²) >= 11 is 0. The molecule has 7 heteroatoms. The molecule has 0 aliphatic heterocycles. The van der Waals surface area contributed by atoms with Crippen LogP contribution in [-0.4, -0.2) is 34.4 Å². The van der Waals surface area contributed by atoms with Gasteiger partial charge in [0.1, 0.15) is 12.0 Å². The Bertz CT molecular complexity index is 531. The molecule has 6 nitrogen and oxygen atoms in total. The lowest BCUT2D eigenvalue weighted by atomic mass is 10.1. The van der Waals surface area contributed by atoms with Crippen LogP contribution in [-0.2, 0) is 25.1 Å². The van der Waals surface area contributed by atoms with Crippen LogP contribution in [0.1, 0.15) is 31.7 Å². The molecule has 0 saturated heterocycles. The van der Waals surface area contributed by atoms with Gasteiger partial charge in [0, 0.05) is 12.8 Å². The maximum Gasteiger partial charge on any atom is 0.509 e. The van der Waals surface area contributed by atoms with Crippen molar-refractivity contribution >= 4 is 20.0 Å². The third-order valence-electron chi connectivity index (χ3n) is 3.45. The predicted molar refractivity (Wildman–Crippen MR) is 85.8 cm³/mol. The first-order valence-electron chi connectivity index (χ1n) is 7.52. The maximum atomic E-state index is 12.1. The molecule has 0 aliphatic rings. The zero-order valence-electron chi connectivity index (χ0n) is 13.1. The highest BCUT2D eigenvalue weighted by Crippen LogP contribution is 2.31. The monoisotopic (exact) mass is 341 g/mol. The van der Waals surface area contributed by atoms with Crippen LogP contribution >= 0.6 is 8.03 Å². The van der Waals surface area contributed by atoms with E-state index in [1.165, 1.54) is 0 Å². The van der Waals surface area contributed by atoms with E-state index in [-0.39, 0.29) is 25.1 Å². The zero-order chi connectivity index (χ0) is 17.2. The minimum absolute atomic E-state index is 0.0510. The van der Waals surface area contributed by atoms with E-state index in [9.17, 15) is 14.2 Å². The maximum absolute atomic E-state index is 12.1. The Labute approximate surface area is 136 Å². The first-order chi connectivity index (χ1) is 10.9. The lowest BCUT2D eigenvalue weighted by Crippen LogP contribution is -2.19. The van der Waals surface area contributed by atoms with Gasteiger partial charge in [-0.1, -0.05) is 37.3 Å². The van der Waals surface area contributed by atoms with Crippen molar-refractivity contribution < 1.29 is 28.9 Å². The Hall–Kier alpha value is -1.78. The van der Waals surface area contributed by atoms with Crippen molar-refractivity contribution in [3.05, 3.63) is 35.9 Å². The molecule has 2 N–H and O–H groups in total. The largest absolute Gasteiger partial charge is 0.509 e. The Morgan fingerprint density at radius 1 is 1.22 bits per heavy atom. The number of rotatable bonds is 11. The van der Waals surface area contributed by atoms with Gasteiger partial charge in [-0.25, -0.2) is 0 Å². The number of carboxylic acids is 2. The first kappa shape index (κ1) is 19.3. The number of aliphatic carboxylic acids is 2. The lowest BCUT2D eigenvalue weighted by molar-refractivity contribution is -0.142. The number of hydrogen-bond acceptors (Lipinski definition) is 4. The topological polar surface area (TPSA) is 101 Å². The number of hydrogen-bond donors (Lipinski definition) is 2. The molecule has 1 rings (SSSR count). The molecule has 0 heterocycles. The van der Waals surface area contributed by atoms with Gasteiger partial charge >= 0.3 is 20.0 Å². The fourth-order valence-corrected chi connectivity index (χ4v) is 3.45. The molecular weight excluding hydrogens is 319 g/mol. The van der Waals surface area contributed by atoms with Crippen molar-refractivity contribution in [1.29, 1.82) is 0 Å². The number of benzene rings is 1. The molecule has 1 aromatic carbocycles. The highest BCUT2D eigenvalue weighted by Gasteiger charge is 2.33. The fraction of sp³-hybridized carbons (Fsp3) is 0.500. The van der Waals surface area contributed by atoms with Crippen molar-refractivity contribution in [2.24, 2.45) is 5.92 Å². The molecule has 0 aromatic heterocycles. The van der Waals surface area contributed by atoms with Crippen LogP contribution in [0.3, 0.4) is 0 Å². The van der Waals surface area contributed by atoms with E-state index in [1.54, 1.807) is 0 Å². The van der Waals surface area contributed by atoms with Crippen LogP contribution < -0.4 is 0 Å². The molecular formula is C16H22O6P+. The summed E-state index contributed by atoms with van der Waals surface area (Å²) in [4.78, 5) is 21.7. The zero-order valence-corrected chi connectivity index (χ0v) is 13.9.